The highest BCUT2D eigenvalue weighted by atomic mass is 35.5. The van der Waals surface area contributed by atoms with Gasteiger partial charge in [-0.05, 0) is 68.1 Å². The highest BCUT2D eigenvalue weighted by Crippen LogP contribution is 2.27. The summed E-state index contributed by atoms with van der Waals surface area (Å²) < 4.78 is 1.93. The van der Waals surface area contributed by atoms with E-state index in [1.54, 1.807) is 12.1 Å². The Hall–Kier alpha value is -2.55. The number of nitrogens with one attached hydrogen (secondary N) is 2. The third kappa shape index (κ3) is 6.99. The van der Waals surface area contributed by atoms with E-state index in [0.29, 0.717) is 33.1 Å². The zero-order chi connectivity index (χ0) is 25.7. The second kappa shape index (κ2) is 11.9. The first kappa shape index (κ1) is 27.0. The van der Waals surface area contributed by atoms with Crippen molar-refractivity contribution in [3.63, 3.8) is 0 Å². The zero-order valence-corrected chi connectivity index (χ0v) is 22.7. The summed E-state index contributed by atoms with van der Waals surface area (Å²) in [7, 11) is 0. The summed E-state index contributed by atoms with van der Waals surface area (Å²) >= 11 is 13.4. The molecule has 0 aliphatic carbocycles. The van der Waals surface area contributed by atoms with Gasteiger partial charge in [-0.25, -0.2) is 0 Å². The first-order chi connectivity index (χ1) is 16.6. The lowest BCUT2D eigenvalue weighted by molar-refractivity contribution is -0.113. The van der Waals surface area contributed by atoms with Crippen molar-refractivity contribution in [2.45, 2.75) is 52.4 Å². The van der Waals surface area contributed by atoms with Crippen LogP contribution >= 0.6 is 35.0 Å². The summed E-state index contributed by atoms with van der Waals surface area (Å²) in [6, 6.07) is 10.3. The van der Waals surface area contributed by atoms with Gasteiger partial charge in [-0.2, -0.15) is 0 Å². The van der Waals surface area contributed by atoms with E-state index in [9.17, 15) is 9.59 Å². The third-order valence-corrected chi connectivity index (χ3v) is 7.02. The number of hydrogen-bond acceptors (Lipinski definition) is 5. The number of aromatic nitrogens is 3. The molecule has 0 aliphatic heterocycles. The van der Waals surface area contributed by atoms with Gasteiger partial charge in [-0.15, -0.1) is 10.2 Å². The van der Waals surface area contributed by atoms with E-state index in [4.69, 9.17) is 23.2 Å². The molecule has 7 nitrogen and oxygen atoms in total. The van der Waals surface area contributed by atoms with Crippen LogP contribution in [0.2, 0.25) is 10.0 Å². The van der Waals surface area contributed by atoms with Crippen molar-refractivity contribution in [3.8, 4) is 0 Å². The van der Waals surface area contributed by atoms with Crippen molar-refractivity contribution < 1.29 is 9.59 Å². The Bertz CT molecular complexity index is 1210. The van der Waals surface area contributed by atoms with Gasteiger partial charge in [0, 0.05) is 17.8 Å². The number of nitrogens with zero attached hydrogens (tertiary/aromatic N) is 3. The van der Waals surface area contributed by atoms with Gasteiger partial charge in [0.1, 0.15) is 0 Å². The molecule has 1 atom stereocenters. The molecule has 35 heavy (non-hydrogen) atoms. The van der Waals surface area contributed by atoms with Gasteiger partial charge < -0.3 is 15.2 Å². The fourth-order valence-corrected chi connectivity index (χ4v) is 4.81. The number of hydrogen-bond donors (Lipinski definition) is 2. The SMILES string of the molecule is CCn1c(SCC(=O)Nc2cc(C)cc(C)c2)nnc1[C@@H](NC(=O)c1ccc(Cl)c(Cl)c1)C(C)C. The maximum absolute atomic E-state index is 12.9. The number of anilines is 1. The second-order valence-electron chi connectivity index (χ2n) is 8.62. The van der Waals surface area contributed by atoms with E-state index in [-0.39, 0.29) is 29.5 Å². The Labute approximate surface area is 220 Å². The molecule has 0 bridgehead atoms. The number of carbonyl (C=O) groups is 2. The largest absolute Gasteiger partial charge is 0.342 e. The normalized spacial score (nSPS) is 12.0. The quantitative estimate of drug-likeness (QED) is 0.325. The molecule has 3 aromatic rings. The van der Waals surface area contributed by atoms with Gasteiger partial charge in [0.15, 0.2) is 11.0 Å². The van der Waals surface area contributed by atoms with Crippen LogP contribution in [0.5, 0.6) is 0 Å². The predicted molar refractivity (Wildman–Crippen MR) is 142 cm³/mol. The molecule has 0 spiro atoms. The maximum Gasteiger partial charge on any atom is 0.251 e. The number of benzene rings is 2. The Morgan fingerprint density at radius 2 is 1.71 bits per heavy atom. The van der Waals surface area contributed by atoms with E-state index in [1.807, 2.05) is 51.3 Å². The lowest BCUT2D eigenvalue weighted by Crippen LogP contribution is -2.33. The highest BCUT2D eigenvalue weighted by Gasteiger charge is 2.26. The zero-order valence-electron chi connectivity index (χ0n) is 20.4. The molecule has 2 N–H and O–H groups in total. The molecule has 0 unspecified atom stereocenters. The Balaban J connectivity index is 1.72. The maximum atomic E-state index is 12.9. The Morgan fingerprint density at radius 1 is 1.03 bits per heavy atom. The Kier molecular flexibility index (Phi) is 9.21. The van der Waals surface area contributed by atoms with Crippen molar-refractivity contribution in [1.82, 2.24) is 20.1 Å². The number of rotatable bonds is 9. The number of halogens is 2. The fraction of sp³-hybridized carbons (Fsp3) is 0.360. The van der Waals surface area contributed by atoms with Crippen LogP contribution in [-0.4, -0.2) is 32.3 Å². The highest BCUT2D eigenvalue weighted by molar-refractivity contribution is 7.99. The third-order valence-electron chi connectivity index (χ3n) is 5.31. The van der Waals surface area contributed by atoms with Crippen LogP contribution in [0.1, 0.15) is 54.1 Å². The Morgan fingerprint density at radius 3 is 2.31 bits per heavy atom. The van der Waals surface area contributed by atoms with Crippen LogP contribution < -0.4 is 10.6 Å². The van der Waals surface area contributed by atoms with E-state index in [0.717, 1.165) is 16.8 Å². The van der Waals surface area contributed by atoms with Crippen LogP contribution in [0.3, 0.4) is 0 Å². The number of aryl methyl sites for hydroxylation is 2. The topological polar surface area (TPSA) is 88.9 Å². The molecular formula is C25H29Cl2N5O2S. The van der Waals surface area contributed by atoms with Gasteiger partial charge in [0.2, 0.25) is 5.91 Å². The summed E-state index contributed by atoms with van der Waals surface area (Å²) in [5.41, 5.74) is 3.36. The van der Waals surface area contributed by atoms with Crippen molar-refractivity contribution >= 4 is 52.5 Å². The fourth-order valence-electron chi connectivity index (χ4n) is 3.70. The van der Waals surface area contributed by atoms with Gasteiger partial charge in [-0.1, -0.05) is 54.9 Å². The van der Waals surface area contributed by atoms with Crippen LogP contribution in [-0.2, 0) is 11.3 Å². The standard InChI is InChI=1S/C25H29Cl2N5O2S/c1-6-32-23(22(14(2)3)29-24(34)17-7-8-19(26)20(27)12-17)30-31-25(32)35-13-21(33)28-18-10-15(4)9-16(5)11-18/h7-12,14,22H,6,13H2,1-5H3,(H,28,33)(H,29,34)/t22-/m0/s1. The molecule has 3 rings (SSSR count). The molecule has 0 aliphatic rings. The van der Waals surface area contributed by atoms with E-state index in [1.165, 1.54) is 17.8 Å². The van der Waals surface area contributed by atoms with Gasteiger partial charge in [0.05, 0.1) is 21.8 Å². The predicted octanol–water partition coefficient (Wildman–Crippen LogP) is 6.08. The molecule has 2 amide bonds. The molecule has 0 fully saturated rings. The van der Waals surface area contributed by atoms with Crippen molar-refractivity contribution in [1.29, 1.82) is 0 Å². The summed E-state index contributed by atoms with van der Waals surface area (Å²) in [5, 5.41) is 16.0. The number of thioether (sulfide) groups is 1. The van der Waals surface area contributed by atoms with Crippen LogP contribution in [0.15, 0.2) is 41.6 Å². The smallest absolute Gasteiger partial charge is 0.251 e. The minimum absolute atomic E-state index is 0.0435. The van der Waals surface area contributed by atoms with Gasteiger partial charge in [-0.3, -0.25) is 9.59 Å². The molecule has 0 saturated carbocycles. The minimum atomic E-state index is -0.386. The lowest BCUT2D eigenvalue weighted by atomic mass is 10.0. The van der Waals surface area contributed by atoms with Crippen molar-refractivity contribution in [3.05, 3.63) is 69.0 Å². The van der Waals surface area contributed by atoms with Crippen LogP contribution in [0, 0.1) is 19.8 Å². The summed E-state index contributed by atoms with van der Waals surface area (Å²) in [5.74, 6) is 0.457. The molecule has 0 saturated heterocycles. The monoisotopic (exact) mass is 533 g/mol. The van der Waals surface area contributed by atoms with Crippen molar-refractivity contribution in [2.24, 2.45) is 5.92 Å². The molecule has 0 radical (unpaired) electrons. The van der Waals surface area contributed by atoms with Crippen LogP contribution in [0.25, 0.3) is 0 Å². The molecule has 1 aromatic heterocycles. The summed E-state index contributed by atoms with van der Waals surface area (Å²) in [6.45, 7) is 10.6. The molecule has 10 heteroatoms. The molecule has 2 aromatic carbocycles. The van der Waals surface area contributed by atoms with Gasteiger partial charge in [0.25, 0.3) is 5.91 Å². The summed E-state index contributed by atoms with van der Waals surface area (Å²) in [6.07, 6.45) is 0. The summed E-state index contributed by atoms with van der Waals surface area (Å²) in [4.78, 5) is 25.5. The molecule has 186 valence electrons. The average Bonchev–Trinajstić information content (AvgIpc) is 3.19. The van der Waals surface area contributed by atoms with E-state index < -0.39 is 0 Å². The minimum Gasteiger partial charge on any atom is -0.342 e. The first-order valence-electron chi connectivity index (χ1n) is 11.3. The molecular weight excluding hydrogens is 505 g/mol. The van der Waals surface area contributed by atoms with E-state index in [2.05, 4.69) is 26.9 Å². The van der Waals surface area contributed by atoms with Gasteiger partial charge >= 0.3 is 0 Å². The van der Waals surface area contributed by atoms with Crippen molar-refractivity contribution in [2.75, 3.05) is 11.1 Å². The number of amides is 2. The molecule has 1 heterocycles. The van der Waals surface area contributed by atoms with Crippen LogP contribution in [0.4, 0.5) is 5.69 Å². The first-order valence-corrected chi connectivity index (χ1v) is 13.0. The average molecular weight is 535 g/mol. The van der Waals surface area contributed by atoms with E-state index >= 15 is 0 Å². The second-order valence-corrected chi connectivity index (χ2v) is 10.4. The lowest BCUT2D eigenvalue weighted by Gasteiger charge is -2.22. The number of carbonyl (C=O) groups excluding carboxylic acids is 2.